The third-order valence-electron chi connectivity index (χ3n) is 6.50. The summed E-state index contributed by atoms with van der Waals surface area (Å²) in [6.07, 6.45) is 1.28. The summed E-state index contributed by atoms with van der Waals surface area (Å²) in [6.45, 7) is 3.26. The van der Waals surface area contributed by atoms with Crippen molar-refractivity contribution in [3.05, 3.63) is 98.0 Å². The molecule has 0 aliphatic heterocycles. The number of carbonyl (C=O) groups excluding carboxylic acids is 4. The van der Waals surface area contributed by atoms with Gasteiger partial charge >= 0.3 is 5.09 Å². The van der Waals surface area contributed by atoms with E-state index in [2.05, 4.69) is 0 Å². The number of fused-ring (bicyclic) bond motifs is 2. The Morgan fingerprint density at radius 2 is 0.917 bits per heavy atom. The Morgan fingerprint density at radius 1 is 0.583 bits per heavy atom. The average Bonchev–Trinajstić information content (AvgIpc) is 2.89. The van der Waals surface area contributed by atoms with Crippen LogP contribution < -0.4 is 0 Å². The van der Waals surface area contributed by atoms with Crippen LogP contribution in [0.3, 0.4) is 0 Å². The van der Waals surface area contributed by atoms with Crippen LogP contribution in [0.1, 0.15) is 81.0 Å². The molecule has 0 bridgehead atoms. The fourth-order valence-corrected chi connectivity index (χ4v) is 4.52. The minimum Gasteiger partial charge on any atom is -0.289 e. The summed E-state index contributed by atoms with van der Waals surface area (Å²) in [5.74, 6) is -0.689. The zero-order valence-electron chi connectivity index (χ0n) is 20.2. The minimum absolute atomic E-state index is 0.00255. The third-order valence-corrected chi connectivity index (χ3v) is 6.50. The van der Waals surface area contributed by atoms with Crippen LogP contribution in [0.15, 0.2) is 70.8 Å². The molecule has 184 valence electrons. The number of carbonyl (C=O) groups is 4. The second kappa shape index (κ2) is 10.6. The molecule has 0 saturated heterocycles. The van der Waals surface area contributed by atoms with Gasteiger partial charge in [-0.05, 0) is 39.5 Å². The highest BCUT2D eigenvalue weighted by molar-refractivity contribution is 6.27. The van der Waals surface area contributed by atoms with Crippen molar-refractivity contribution in [3.8, 4) is 0 Å². The lowest BCUT2D eigenvalue weighted by Gasteiger charge is -2.18. The lowest BCUT2D eigenvalue weighted by molar-refractivity contribution is -0.981. The largest absolute Gasteiger partial charge is 0.477 e. The quantitative estimate of drug-likeness (QED) is 0.343. The Balaban J connectivity index is 1.21. The second-order valence-corrected chi connectivity index (χ2v) is 8.71. The number of nitrogens with zero attached hydrogens (tertiary/aromatic N) is 1. The van der Waals surface area contributed by atoms with Crippen molar-refractivity contribution < 1.29 is 33.9 Å². The topological polar surface area (TPSA) is 107 Å². The van der Waals surface area contributed by atoms with Gasteiger partial charge in [0, 0.05) is 44.5 Å². The Kier molecular flexibility index (Phi) is 7.33. The Labute approximate surface area is 208 Å². The van der Waals surface area contributed by atoms with E-state index >= 15 is 0 Å². The second-order valence-electron chi connectivity index (χ2n) is 8.71. The zero-order chi connectivity index (χ0) is 25.8. The number of rotatable bonds is 10. The molecule has 2 aliphatic rings. The van der Waals surface area contributed by atoms with Gasteiger partial charge in [0.1, 0.15) is 4.91 Å². The molecule has 8 heteroatoms. The highest BCUT2D eigenvalue weighted by atomic mass is 17.0. The molecule has 0 radical (unpaired) electrons. The number of Topliss-reactive ketones (excluding diaryl/α,β-unsaturated/α-hetero) is 4. The summed E-state index contributed by atoms with van der Waals surface area (Å²) in [5.41, 5.74) is 3.29. The molecule has 2 aromatic rings. The van der Waals surface area contributed by atoms with Gasteiger partial charge in [-0.15, -0.1) is 0 Å². The van der Waals surface area contributed by atoms with Gasteiger partial charge in [0.05, 0.1) is 0 Å². The lowest BCUT2D eigenvalue weighted by atomic mass is 9.83. The van der Waals surface area contributed by atoms with Crippen LogP contribution in [0, 0.1) is 4.91 Å². The molecule has 36 heavy (non-hydrogen) atoms. The van der Waals surface area contributed by atoms with E-state index in [9.17, 15) is 24.1 Å². The van der Waals surface area contributed by atoms with E-state index in [4.69, 9.17) is 9.68 Å². The van der Waals surface area contributed by atoms with Crippen LogP contribution in [0.5, 0.6) is 0 Å². The predicted molar refractivity (Wildman–Crippen MR) is 130 cm³/mol. The number of hydrogen-bond acceptors (Lipinski definition) is 7. The van der Waals surface area contributed by atoms with Crippen LogP contribution in [-0.2, 0) is 9.68 Å². The normalized spacial score (nSPS) is 15.2. The van der Waals surface area contributed by atoms with Gasteiger partial charge in [-0.3, -0.25) is 19.2 Å². The van der Waals surface area contributed by atoms with Gasteiger partial charge in [0.2, 0.25) is 0 Å². The summed E-state index contributed by atoms with van der Waals surface area (Å²) in [6, 6.07) is 13.4. The first-order valence-electron chi connectivity index (χ1n) is 11.8. The van der Waals surface area contributed by atoms with Crippen LogP contribution >= 0.6 is 0 Å². The van der Waals surface area contributed by atoms with Gasteiger partial charge in [-0.25, -0.2) is 0 Å². The number of benzene rings is 2. The van der Waals surface area contributed by atoms with Gasteiger partial charge in [-0.1, -0.05) is 48.5 Å². The molecular formula is C28H26NO7+. The average molecular weight is 489 g/mol. The summed E-state index contributed by atoms with van der Waals surface area (Å²) in [5, 5.41) is 0.00870. The van der Waals surface area contributed by atoms with E-state index in [0.717, 1.165) is 0 Å². The highest BCUT2D eigenvalue weighted by Crippen LogP contribution is 2.29. The molecule has 0 aromatic heterocycles. The smallest absolute Gasteiger partial charge is 0.289 e. The van der Waals surface area contributed by atoms with E-state index < -0.39 is 0 Å². The summed E-state index contributed by atoms with van der Waals surface area (Å²) in [7, 11) is 0. The molecule has 0 spiro atoms. The first-order chi connectivity index (χ1) is 17.3. The molecule has 0 saturated carbocycles. The predicted octanol–water partition coefficient (Wildman–Crippen LogP) is 4.98. The highest BCUT2D eigenvalue weighted by Gasteiger charge is 2.30. The Hall–Kier alpha value is -4.20. The van der Waals surface area contributed by atoms with Crippen LogP contribution in [0.2, 0.25) is 0 Å². The molecule has 0 fully saturated rings. The lowest BCUT2D eigenvalue weighted by Crippen LogP contribution is -2.21. The third kappa shape index (κ3) is 4.79. The van der Waals surface area contributed by atoms with Crippen molar-refractivity contribution in [2.45, 2.75) is 39.5 Å². The maximum atomic E-state index is 12.7. The fourth-order valence-electron chi connectivity index (χ4n) is 4.52. The van der Waals surface area contributed by atoms with E-state index in [-0.39, 0.29) is 41.4 Å². The van der Waals surface area contributed by atoms with Crippen molar-refractivity contribution >= 4 is 23.1 Å². The monoisotopic (exact) mass is 488 g/mol. The van der Waals surface area contributed by atoms with E-state index in [1.165, 1.54) is 0 Å². The van der Waals surface area contributed by atoms with Crippen molar-refractivity contribution in [2.75, 3.05) is 13.2 Å². The standard InChI is InChI=1S/C28H26NO7/c1-17-19(27(32)23-11-5-3-9-21(23)25(17)30)13-7-15-35-29(34)36-16-8-14-20-18(2)26(31)22-10-4-6-12-24(22)28(20)33/h3-6,9-12H,7-8,13-16H2,1-2H3/q+1. The number of ketones is 4. The van der Waals surface area contributed by atoms with E-state index in [1.54, 1.807) is 62.4 Å². The molecule has 0 heterocycles. The van der Waals surface area contributed by atoms with Crippen LogP contribution in [-0.4, -0.2) is 41.4 Å². The van der Waals surface area contributed by atoms with Gasteiger partial charge in [0.15, 0.2) is 36.3 Å². The zero-order valence-corrected chi connectivity index (χ0v) is 20.2. The molecule has 0 atom stereocenters. The van der Waals surface area contributed by atoms with Gasteiger partial charge in [0.25, 0.3) is 0 Å². The molecule has 0 amide bonds. The Bertz CT molecular complexity index is 1250. The summed E-state index contributed by atoms with van der Waals surface area (Å²) < 4.78 is 0. The Morgan fingerprint density at radius 3 is 1.28 bits per heavy atom. The molecule has 0 N–H and O–H groups in total. The van der Waals surface area contributed by atoms with Crippen molar-refractivity contribution in [1.82, 2.24) is 0 Å². The fraction of sp³-hybridized carbons (Fsp3) is 0.286. The van der Waals surface area contributed by atoms with Gasteiger partial charge < -0.3 is 0 Å². The molecule has 2 aromatic carbocycles. The van der Waals surface area contributed by atoms with Crippen LogP contribution in [0.4, 0.5) is 0 Å². The summed E-state index contributed by atoms with van der Waals surface area (Å²) >= 11 is 0. The number of hydrogen-bond donors (Lipinski definition) is 0. The maximum Gasteiger partial charge on any atom is 0.477 e. The van der Waals surface area contributed by atoms with E-state index in [0.29, 0.717) is 70.2 Å². The van der Waals surface area contributed by atoms with Crippen molar-refractivity contribution in [1.29, 1.82) is 0 Å². The van der Waals surface area contributed by atoms with Crippen molar-refractivity contribution in [3.63, 3.8) is 0 Å². The molecular weight excluding hydrogens is 462 g/mol. The molecule has 8 nitrogen and oxygen atoms in total. The SMILES string of the molecule is CC1=C(CCCO[N+](=O)OCCCC2=C(C)C(=O)c3ccccc3C2=O)C(=O)c2ccccc2C1=O. The first kappa shape index (κ1) is 24.9. The maximum absolute atomic E-state index is 12.7. The molecule has 2 aliphatic carbocycles. The van der Waals surface area contributed by atoms with Crippen LogP contribution in [0.25, 0.3) is 0 Å². The minimum atomic E-state index is -0.180. The van der Waals surface area contributed by atoms with Crippen molar-refractivity contribution in [2.24, 2.45) is 0 Å². The molecule has 4 rings (SSSR count). The van der Waals surface area contributed by atoms with Gasteiger partial charge in [-0.2, -0.15) is 9.68 Å². The first-order valence-corrected chi connectivity index (χ1v) is 11.8. The van der Waals surface area contributed by atoms with E-state index in [1.807, 2.05) is 0 Å². The molecule has 0 unspecified atom stereocenters. The number of allylic oxidation sites excluding steroid dienone is 4. The summed E-state index contributed by atoms with van der Waals surface area (Å²) in [4.78, 5) is 72.4.